The summed E-state index contributed by atoms with van der Waals surface area (Å²) in [6.07, 6.45) is 75.0. The Kier molecular flexibility index (Phi) is 79.8. The number of esters is 4. The lowest BCUT2D eigenvalue weighted by Gasteiger charge is -2.21. The first kappa shape index (κ1) is 107. The van der Waals surface area contributed by atoms with Gasteiger partial charge in [0.1, 0.15) is 19.3 Å². The summed E-state index contributed by atoms with van der Waals surface area (Å²) in [5.41, 5.74) is 0. The number of carbonyl (C=O) groups is 4. The SMILES string of the molecule is CCCCCCCCCCCCCCCCCCCCCC(=O)O[C@H](COC(=O)CCCCCCCCCCCC)COP(=O)(O)OC[C@H](O)COP(=O)(O)OC[C@@H](COC(=O)CCCCCCCCCCCCCCCCCCC(C)C)OC(=O)CCCCCCCCCCCCCCCCCCCCC(C)C. The molecule has 0 heterocycles. The quantitative estimate of drug-likeness (QED) is 0.0222. The molecule has 0 aromatic heterocycles. The number of carbonyl (C=O) groups excluding carboxylic acids is 4. The number of aliphatic hydroxyl groups excluding tert-OH is 1. The minimum atomic E-state index is -4.97. The number of hydrogen-bond donors (Lipinski definition) is 3. The van der Waals surface area contributed by atoms with Crippen molar-refractivity contribution in [3.05, 3.63) is 0 Å². The molecule has 0 aliphatic carbocycles. The summed E-state index contributed by atoms with van der Waals surface area (Å²) >= 11 is 0. The lowest BCUT2D eigenvalue weighted by molar-refractivity contribution is -0.161. The Bertz CT molecular complexity index is 2080. The summed E-state index contributed by atoms with van der Waals surface area (Å²) < 4.78 is 69.0. The van der Waals surface area contributed by atoms with Gasteiger partial charge in [-0.2, -0.15) is 0 Å². The fourth-order valence-corrected chi connectivity index (χ4v) is 15.7. The molecule has 0 spiro atoms. The Morgan fingerprint density at radius 1 is 0.248 bits per heavy atom. The fraction of sp³-hybridized carbons (Fsp3) is 0.956. The highest BCUT2D eigenvalue weighted by atomic mass is 31.2. The molecular formula is C90H176O17P2. The molecule has 5 atom stereocenters. The summed E-state index contributed by atoms with van der Waals surface area (Å²) in [7, 11) is -9.93. The topological polar surface area (TPSA) is 237 Å². The molecule has 0 aliphatic heterocycles. The van der Waals surface area contributed by atoms with Crippen LogP contribution in [0.1, 0.15) is 485 Å². The molecule has 2 unspecified atom stereocenters. The maximum absolute atomic E-state index is 13.2. The molecule has 17 nitrogen and oxygen atoms in total. The number of aliphatic hydroxyl groups is 1. The second-order valence-corrected chi connectivity index (χ2v) is 36.2. The van der Waals surface area contributed by atoms with Crippen molar-refractivity contribution >= 4 is 39.5 Å². The van der Waals surface area contributed by atoms with E-state index in [-0.39, 0.29) is 25.7 Å². The molecule has 0 radical (unpaired) electrons. The van der Waals surface area contributed by atoms with E-state index in [0.717, 1.165) is 102 Å². The van der Waals surface area contributed by atoms with Crippen LogP contribution in [0.25, 0.3) is 0 Å². The number of unbranched alkanes of at least 4 members (excludes halogenated alkanes) is 59. The van der Waals surface area contributed by atoms with Gasteiger partial charge in [-0.3, -0.25) is 37.3 Å². The van der Waals surface area contributed by atoms with Gasteiger partial charge in [0.15, 0.2) is 12.2 Å². The van der Waals surface area contributed by atoms with Crippen molar-refractivity contribution in [2.24, 2.45) is 11.8 Å². The maximum atomic E-state index is 13.2. The first-order valence-electron chi connectivity index (χ1n) is 46.5. The second-order valence-electron chi connectivity index (χ2n) is 33.3. The molecule has 0 aromatic rings. The monoisotopic (exact) mass is 1590 g/mol. The van der Waals surface area contributed by atoms with Crippen LogP contribution in [0.15, 0.2) is 0 Å². The number of rotatable bonds is 89. The minimum absolute atomic E-state index is 0.109. The Morgan fingerprint density at radius 3 is 0.624 bits per heavy atom. The van der Waals surface area contributed by atoms with Crippen molar-refractivity contribution in [3.63, 3.8) is 0 Å². The molecule has 0 saturated heterocycles. The minimum Gasteiger partial charge on any atom is -0.462 e. The zero-order valence-electron chi connectivity index (χ0n) is 71.9. The van der Waals surface area contributed by atoms with Gasteiger partial charge >= 0.3 is 39.5 Å². The van der Waals surface area contributed by atoms with Gasteiger partial charge in [0.25, 0.3) is 0 Å². The van der Waals surface area contributed by atoms with Crippen LogP contribution in [0, 0.1) is 11.8 Å². The molecule has 0 aliphatic rings. The van der Waals surface area contributed by atoms with E-state index in [4.69, 9.17) is 37.0 Å². The maximum Gasteiger partial charge on any atom is 0.472 e. The molecule has 0 rings (SSSR count). The van der Waals surface area contributed by atoms with Crippen molar-refractivity contribution in [3.8, 4) is 0 Å². The molecule has 19 heteroatoms. The van der Waals surface area contributed by atoms with E-state index < -0.39 is 97.5 Å². The predicted molar refractivity (Wildman–Crippen MR) is 451 cm³/mol. The molecule has 0 fully saturated rings. The second kappa shape index (κ2) is 81.2. The van der Waals surface area contributed by atoms with Crippen molar-refractivity contribution in [1.29, 1.82) is 0 Å². The van der Waals surface area contributed by atoms with Gasteiger partial charge in [-0.1, -0.05) is 433 Å². The standard InChI is InChI=1S/C90H176O17P2/c1-7-9-11-13-15-17-19-20-21-22-23-27-34-39-44-50-56-62-68-74-89(94)106-85(78-100-87(92)72-66-60-54-48-18-16-14-12-10-8-2)80-104-108(96,97)102-76-84(91)77-103-109(98,99)105-81-86(79-101-88(93)73-67-61-55-49-43-38-33-30-29-32-37-42-47-53-59-65-71-83(5)6)107-90(95)75-69-63-57-51-45-40-35-28-25-24-26-31-36-41-46-52-58-64-70-82(3)4/h82-86,91H,7-81H2,1-6H3,(H,96,97)(H,98,99)/t84-,85+,86+/m0/s1. The van der Waals surface area contributed by atoms with Crippen LogP contribution >= 0.6 is 15.6 Å². The fourth-order valence-electron chi connectivity index (χ4n) is 14.1. The van der Waals surface area contributed by atoms with Crippen LogP contribution in [0.3, 0.4) is 0 Å². The van der Waals surface area contributed by atoms with Crippen molar-refractivity contribution < 1.29 is 80.2 Å². The molecule has 3 N–H and O–H groups in total. The van der Waals surface area contributed by atoms with Gasteiger partial charge in [-0.15, -0.1) is 0 Å². The summed E-state index contributed by atoms with van der Waals surface area (Å²) in [5.74, 6) is -0.464. The van der Waals surface area contributed by atoms with Crippen LogP contribution < -0.4 is 0 Å². The Morgan fingerprint density at radius 2 is 0.422 bits per heavy atom. The van der Waals surface area contributed by atoms with Crippen molar-refractivity contribution in [2.75, 3.05) is 39.6 Å². The highest BCUT2D eigenvalue weighted by Gasteiger charge is 2.31. The van der Waals surface area contributed by atoms with Gasteiger partial charge in [0.2, 0.25) is 0 Å². The normalized spacial score (nSPS) is 13.8. The summed E-state index contributed by atoms with van der Waals surface area (Å²) in [5, 5.41) is 10.7. The van der Waals surface area contributed by atoms with Gasteiger partial charge < -0.3 is 33.8 Å². The van der Waals surface area contributed by atoms with Gasteiger partial charge in [0.05, 0.1) is 26.4 Å². The molecule has 0 aromatic carbocycles. The van der Waals surface area contributed by atoms with E-state index in [2.05, 4.69) is 41.5 Å². The highest BCUT2D eigenvalue weighted by molar-refractivity contribution is 7.47. The highest BCUT2D eigenvalue weighted by Crippen LogP contribution is 2.45. The van der Waals surface area contributed by atoms with Crippen LogP contribution in [0.4, 0.5) is 0 Å². The number of phosphoric ester groups is 2. The number of phosphoric acid groups is 2. The largest absolute Gasteiger partial charge is 0.472 e. The molecule has 648 valence electrons. The van der Waals surface area contributed by atoms with Crippen molar-refractivity contribution in [1.82, 2.24) is 0 Å². The molecule has 0 amide bonds. The zero-order valence-corrected chi connectivity index (χ0v) is 73.7. The van der Waals surface area contributed by atoms with Crippen LogP contribution in [-0.2, 0) is 65.4 Å². The number of hydrogen-bond acceptors (Lipinski definition) is 15. The third kappa shape index (κ3) is 83.8. The van der Waals surface area contributed by atoms with Crippen molar-refractivity contribution in [2.45, 2.75) is 503 Å². The zero-order chi connectivity index (χ0) is 79.9. The van der Waals surface area contributed by atoms with Crippen LogP contribution in [0.2, 0.25) is 0 Å². The first-order valence-corrected chi connectivity index (χ1v) is 49.5. The average Bonchev–Trinajstić information content (AvgIpc) is 0.899. The van der Waals surface area contributed by atoms with Crippen LogP contribution in [-0.4, -0.2) is 96.7 Å². The van der Waals surface area contributed by atoms with Gasteiger partial charge in [0, 0.05) is 25.7 Å². The Balaban J connectivity index is 5.22. The first-order chi connectivity index (χ1) is 52.9. The van der Waals surface area contributed by atoms with E-state index in [9.17, 15) is 43.2 Å². The Hall–Kier alpha value is -1.94. The lowest BCUT2D eigenvalue weighted by atomic mass is 10.0. The molecule has 0 saturated carbocycles. The third-order valence-corrected chi connectivity index (χ3v) is 23.1. The summed E-state index contributed by atoms with van der Waals surface area (Å²) in [4.78, 5) is 73.3. The van der Waals surface area contributed by atoms with E-state index in [1.807, 2.05) is 0 Å². The third-order valence-electron chi connectivity index (χ3n) is 21.2. The average molecular weight is 1590 g/mol. The van der Waals surface area contributed by atoms with E-state index >= 15 is 0 Å². The van der Waals surface area contributed by atoms with E-state index in [0.29, 0.717) is 25.7 Å². The van der Waals surface area contributed by atoms with E-state index in [1.165, 1.54) is 302 Å². The van der Waals surface area contributed by atoms with Gasteiger partial charge in [-0.25, -0.2) is 9.13 Å². The predicted octanol–water partition coefficient (Wildman–Crippen LogP) is 27.8. The smallest absolute Gasteiger partial charge is 0.462 e. The molecule has 109 heavy (non-hydrogen) atoms. The van der Waals surface area contributed by atoms with Gasteiger partial charge in [-0.05, 0) is 37.5 Å². The molecule has 0 bridgehead atoms. The van der Waals surface area contributed by atoms with E-state index in [1.54, 1.807) is 0 Å². The molecular weight excluding hydrogens is 1410 g/mol. The summed E-state index contributed by atoms with van der Waals surface area (Å²) in [6.45, 7) is 9.76. The summed E-state index contributed by atoms with van der Waals surface area (Å²) in [6, 6.07) is 0. The Labute approximate surface area is 670 Å². The van der Waals surface area contributed by atoms with Crippen LogP contribution in [0.5, 0.6) is 0 Å². The number of ether oxygens (including phenoxy) is 4. The lowest BCUT2D eigenvalue weighted by Crippen LogP contribution is -2.30.